The van der Waals surface area contributed by atoms with E-state index in [1.165, 1.54) is 21.0 Å². The van der Waals surface area contributed by atoms with Crippen LogP contribution < -0.4 is 15.8 Å². The molecule has 10 nitrogen and oxygen atoms in total. The maximum atomic E-state index is 12.2. The van der Waals surface area contributed by atoms with Gasteiger partial charge in [0.25, 0.3) is 5.89 Å². The molecular formula is C19H21N3O7. The molecule has 0 atom stereocenters. The first-order chi connectivity index (χ1) is 13.7. The number of nitrogens with one attached hydrogen (secondary N) is 1. The van der Waals surface area contributed by atoms with Gasteiger partial charge in [-0.1, -0.05) is 12.1 Å². The zero-order chi connectivity index (χ0) is 21.2. The lowest BCUT2D eigenvalue weighted by Crippen LogP contribution is -2.51. The largest absolute Gasteiger partial charge is 0.490 e. The lowest BCUT2D eigenvalue weighted by atomic mass is 10.1. The molecule has 10 heteroatoms. The van der Waals surface area contributed by atoms with Crippen LogP contribution in [0.2, 0.25) is 0 Å². The normalized spacial score (nSPS) is 11.4. The number of carbonyl (C=O) groups excluding carboxylic acids is 2. The molecule has 2 aromatic heterocycles. The molecule has 0 aliphatic carbocycles. The molecule has 0 saturated heterocycles. The number of ether oxygens (including phenoxy) is 2. The summed E-state index contributed by atoms with van der Waals surface area (Å²) in [6.07, 6.45) is 0. The van der Waals surface area contributed by atoms with Crippen molar-refractivity contribution in [2.75, 3.05) is 13.7 Å². The van der Waals surface area contributed by atoms with Gasteiger partial charge in [0.15, 0.2) is 17.1 Å². The average molecular weight is 403 g/mol. The number of furan rings is 1. The van der Waals surface area contributed by atoms with Crippen molar-refractivity contribution in [3.05, 3.63) is 34.8 Å². The highest BCUT2D eigenvalue weighted by Gasteiger charge is 2.31. The SMILES string of the molecule is CCOc1cccc2cc(-c3nn(CC(=O)NC(C)(C)C(=O)OC)c(=O)o3)oc12. The van der Waals surface area contributed by atoms with Gasteiger partial charge in [-0.25, -0.2) is 9.59 Å². The van der Waals surface area contributed by atoms with E-state index in [-0.39, 0.29) is 11.7 Å². The number of hydrogen-bond donors (Lipinski definition) is 1. The Kier molecular flexibility index (Phi) is 5.44. The quantitative estimate of drug-likeness (QED) is 0.591. The van der Waals surface area contributed by atoms with Crippen LogP contribution in [0.25, 0.3) is 22.6 Å². The molecule has 0 fully saturated rings. The zero-order valence-corrected chi connectivity index (χ0v) is 16.5. The molecule has 3 rings (SSSR count). The van der Waals surface area contributed by atoms with E-state index in [1.807, 2.05) is 19.1 Å². The molecule has 0 spiro atoms. The summed E-state index contributed by atoms with van der Waals surface area (Å²) in [5.41, 5.74) is -0.754. The number of fused-ring (bicyclic) bond motifs is 1. The molecule has 0 aliphatic heterocycles. The van der Waals surface area contributed by atoms with E-state index in [2.05, 4.69) is 15.2 Å². The first kappa shape index (κ1) is 20.2. The van der Waals surface area contributed by atoms with Crippen molar-refractivity contribution in [3.8, 4) is 17.4 Å². The predicted molar refractivity (Wildman–Crippen MR) is 101 cm³/mol. The molecule has 0 radical (unpaired) electrons. The van der Waals surface area contributed by atoms with Crippen LogP contribution in [0.15, 0.2) is 37.9 Å². The van der Waals surface area contributed by atoms with Crippen molar-refractivity contribution in [2.24, 2.45) is 0 Å². The lowest BCUT2D eigenvalue weighted by molar-refractivity contribution is -0.149. The van der Waals surface area contributed by atoms with Gasteiger partial charge in [0.1, 0.15) is 12.1 Å². The maximum Gasteiger partial charge on any atom is 0.437 e. The minimum Gasteiger partial charge on any atom is -0.490 e. The van der Waals surface area contributed by atoms with Crippen LogP contribution in [-0.2, 0) is 20.9 Å². The van der Waals surface area contributed by atoms with Gasteiger partial charge in [-0.3, -0.25) is 4.79 Å². The number of amides is 1. The Bertz CT molecular complexity index is 1110. The van der Waals surface area contributed by atoms with E-state index in [4.69, 9.17) is 13.6 Å². The summed E-state index contributed by atoms with van der Waals surface area (Å²) < 4.78 is 21.9. The highest BCUT2D eigenvalue weighted by molar-refractivity contribution is 5.87. The Morgan fingerprint density at radius 3 is 2.72 bits per heavy atom. The number of esters is 1. The summed E-state index contributed by atoms with van der Waals surface area (Å²) in [4.78, 5) is 36.0. The fraction of sp³-hybridized carbons (Fsp3) is 0.368. The highest BCUT2D eigenvalue weighted by atomic mass is 16.5. The van der Waals surface area contributed by atoms with Crippen LogP contribution >= 0.6 is 0 Å². The smallest absolute Gasteiger partial charge is 0.437 e. The Labute approximate surface area is 165 Å². The van der Waals surface area contributed by atoms with Crippen molar-refractivity contribution < 1.29 is 27.9 Å². The van der Waals surface area contributed by atoms with Gasteiger partial charge in [0, 0.05) is 5.39 Å². The maximum absolute atomic E-state index is 12.2. The van der Waals surface area contributed by atoms with E-state index < -0.39 is 29.7 Å². The molecule has 0 aliphatic rings. The summed E-state index contributed by atoms with van der Waals surface area (Å²) in [6, 6.07) is 7.06. The van der Waals surface area contributed by atoms with Crippen LogP contribution in [0.1, 0.15) is 20.8 Å². The predicted octanol–water partition coefficient (Wildman–Crippen LogP) is 1.72. The number of hydrogen-bond acceptors (Lipinski definition) is 8. The number of rotatable bonds is 7. The van der Waals surface area contributed by atoms with Crippen molar-refractivity contribution in [1.29, 1.82) is 0 Å². The molecule has 29 heavy (non-hydrogen) atoms. The molecular weight excluding hydrogens is 382 g/mol. The van der Waals surface area contributed by atoms with E-state index in [9.17, 15) is 14.4 Å². The van der Waals surface area contributed by atoms with Crippen molar-refractivity contribution in [1.82, 2.24) is 15.1 Å². The average Bonchev–Trinajstić information content (AvgIpc) is 3.25. The lowest BCUT2D eigenvalue weighted by Gasteiger charge is -2.22. The van der Waals surface area contributed by atoms with Gasteiger partial charge in [-0.15, -0.1) is 5.10 Å². The summed E-state index contributed by atoms with van der Waals surface area (Å²) >= 11 is 0. The number of aromatic nitrogens is 2. The second kappa shape index (κ2) is 7.82. The second-order valence-corrected chi connectivity index (χ2v) is 6.71. The highest BCUT2D eigenvalue weighted by Crippen LogP contribution is 2.32. The van der Waals surface area contributed by atoms with Crippen LogP contribution in [0.3, 0.4) is 0 Å². The fourth-order valence-corrected chi connectivity index (χ4v) is 2.75. The Balaban J connectivity index is 1.83. The first-order valence-electron chi connectivity index (χ1n) is 8.88. The monoisotopic (exact) mass is 403 g/mol. The zero-order valence-electron chi connectivity index (χ0n) is 16.5. The number of nitrogens with zero attached hydrogens (tertiary/aromatic N) is 2. The van der Waals surface area contributed by atoms with Crippen molar-refractivity contribution in [2.45, 2.75) is 32.9 Å². The topological polar surface area (TPSA) is 126 Å². The third-order valence-electron chi connectivity index (χ3n) is 4.07. The van der Waals surface area contributed by atoms with Gasteiger partial charge in [0.2, 0.25) is 5.91 Å². The van der Waals surface area contributed by atoms with Gasteiger partial charge in [0.05, 0.1) is 13.7 Å². The van der Waals surface area contributed by atoms with Crippen LogP contribution in [0.4, 0.5) is 0 Å². The third-order valence-corrected chi connectivity index (χ3v) is 4.07. The van der Waals surface area contributed by atoms with E-state index in [0.717, 1.165) is 10.1 Å². The summed E-state index contributed by atoms with van der Waals surface area (Å²) in [7, 11) is 1.22. The first-order valence-corrected chi connectivity index (χ1v) is 8.88. The molecule has 1 N–H and O–H groups in total. The van der Waals surface area contributed by atoms with Crippen LogP contribution in [-0.4, -0.2) is 40.9 Å². The Morgan fingerprint density at radius 1 is 1.28 bits per heavy atom. The Morgan fingerprint density at radius 2 is 2.03 bits per heavy atom. The molecule has 3 aromatic rings. The Hall–Kier alpha value is -3.56. The minimum absolute atomic E-state index is 0.0753. The molecule has 1 amide bonds. The molecule has 1 aromatic carbocycles. The molecule has 0 saturated carbocycles. The van der Waals surface area contributed by atoms with Gasteiger partial charge < -0.3 is 23.6 Å². The van der Waals surface area contributed by atoms with Crippen LogP contribution in [0.5, 0.6) is 5.75 Å². The summed E-state index contributed by atoms with van der Waals surface area (Å²) in [5.74, 6) is -1.36. The summed E-state index contributed by atoms with van der Waals surface area (Å²) in [5, 5.41) is 7.24. The molecule has 0 unspecified atom stereocenters. The third kappa shape index (κ3) is 4.15. The standard InChI is InChI=1S/C19H21N3O7/c1-5-27-12-8-6-7-11-9-13(28-15(11)12)16-21-22(18(25)29-16)10-14(23)20-19(2,3)17(24)26-4/h6-9H,5,10H2,1-4H3,(H,20,23). The van der Waals surface area contributed by atoms with Crippen molar-refractivity contribution in [3.63, 3.8) is 0 Å². The molecule has 0 bridgehead atoms. The van der Waals surface area contributed by atoms with Gasteiger partial charge in [-0.2, -0.15) is 4.68 Å². The number of carbonyl (C=O) groups is 2. The fourth-order valence-electron chi connectivity index (χ4n) is 2.75. The molecule has 2 heterocycles. The minimum atomic E-state index is -1.25. The van der Waals surface area contributed by atoms with Gasteiger partial charge in [-0.05, 0) is 32.9 Å². The van der Waals surface area contributed by atoms with E-state index in [0.29, 0.717) is 17.9 Å². The van der Waals surface area contributed by atoms with Crippen LogP contribution in [0, 0.1) is 0 Å². The number of methoxy groups -OCH3 is 1. The van der Waals surface area contributed by atoms with Gasteiger partial charge >= 0.3 is 11.7 Å². The number of benzene rings is 1. The number of para-hydroxylation sites is 1. The van der Waals surface area contributed by atoms with Crippen molar-refractivity contribution >= 4 is 22.8 Å². The van der Waals surface area contributed by atoms with E-state index in [1.54, 1.807) is 12.1 Å². The molecule has 154 valence electrons. The summed E-state index contributed by atoms with van der Waals surface area (Å²) in [6.45, 7) is 4.86. The van der Waals surface area contributed by atoms with E-state index >= 15 is 0 Å². The second-order valence-electron chi connectivity index (χ2n) is 6.71.